The number of benzene rings is 1. The molecule has 0 saturated heterocycles. The molecule has 0 aliphatic heterocycles. The molecular formula is C14H22N4O. The van der Waals surface area contributed by atoms with Crippen molar-refractivity contribution in [3.63, 3.8) is 0 Å². The van der Waals surface area contributed by atoms with Gasteiger partial charge in [0.15, 0.2) is 0 Å². The Kier molecular flexibility index (Phi) is 5.85. The van der Waals surface area contributed by atoms with Crippen LogP contribution in [0.3, 0.4) is 0 Å². The van der Waals surface area contributed by atoms with E-state index in [-0.39, 0.29) is 5.91 Å². The molecule has 1 aromatic carbocycles. The molecule has 0 atom stereocenters. The van der Waals surface area contributed by atoms with Crippen molar-refractivity contribution in [2.45, 2.75) is 20.3 Å². The SMILES string of the molecule is CCCN(CCNc1cccc(N)c1C=N)C(C)=O. The molecule has 4 N–H and O–H groups in total. The van der Waals surface area contributed by atoms with Crippen molar-refractivity contribution in [3.8, 4) is 0 Å². The summed E-state index contributed by atoms with van der Waals surface area (Å²) in [6.45, 7) is 5.69. The molecule has 0 aromatic heterocycles. The molecule has 0 saturated carbocycles. The van der Waals surface area contributed by atoms with Gasteiger partial charge < -0.3 is 21.4 Å². The molecular weight excluding hydrogens is 240 g/mol. The van der Waals surface area contributed by atoms with Gasteiger partial charge in [-0.2, -0.15) is 0 Å². The van der Waals surface area contributed by atoms with E-state index in [0.29, 0.717) is 24.3 Å². The minimum absolute atomic E-state index is 0.0866. The summed E-state index contributed by atoms with van der Waals surface area (Å²) >= 11 is 0. The van der Waals surface area contributed by atoms with Gasteiger partial charge in [0.1, 0.15) is 0 Å². The molecule has 104 valence electrons. The number of anilines is 2. The van der Waals surface area contributed by atoms with Crippen LogP contribution in [0.1, 0.15) is 25.8 Å². The van der Waals surface area contributed by atoms with Crippen molar-refractivity contribution < 1.29 is 4.79 Å². The Labute approximate surface area is 114 Å². The fraction of sp³-hybridized carbons (Fsp3) is 0.429. The Balaban J connectivity index is 2.60. The highest BCUT2D eigenvalue weighted by Crippen LogP contribution is 2.19. The van der Waals surface area contributed by atoms with Crippen LogP contribution < -0.4 is 11.1 Å². The van der Waals surface area contributed by atoms with E-state index in [9.17, 15) is 4.79 Å². The topological polar surface area (TPSA) is 82.2 Å². The Morgan fingerprint density at radius 1 is 1.47 bits per heavy atom. The highest BCUT2D eigenvalue weighted by atomic mass is 16.2. The summed E-state index contributed by atoms with van der Waals surface area (Å²) < 4.78 is 0. The number of carbonyl (C=O) groups is 1. The summed E-state index contributed by atoms with van der Waals surface area (Å²) in [7, 11) is 0. The normalized spacial score (nSPS) is 10.0. The van der Waals surface area contributed by atoms with Gasteiger partial charge in [0, 0.05) is 49.7 Å². The molecule has 0 aliphatic rings. The van der Waals surface area contributed by atoms with Crippen molar-refractivity contribution in [2.24, 2.45) is 0 Å². The third-order valence-corrected chi connectivity index (χ3v) is 2.92. The van der Waals surface area contributed by atoms with Crippen LogP contribution in [0.2, 0.25) is 0 Å². The minimum Gasteiger partial charge on any atom is -0.398 e. The first-order chi connectivity index (χ1) is 9.10. The van der Waals surface area contributed by atoms with E-state index in [0.717, 1.165) is 18.7 Å². The van der Waals surface area contributed by atoms with Gasteiger partial charge in [0.25, 0.3) is 0 Å². The lowest BCUT2D eigenvalue weighted by molar-refractivity contribution is -0.128. The summed E-state index contributed by atoms with van der Waals surface area (Å²) in [6.07, 6.45) is 2.19. The lowest BCUT2D eigenvalue weighted by Crippen LogP contribution is -2.33. The van der Waals surface area contributed by atoms with Crippen LogP contribution in [0.5, 0.6) is 0 Å². The van der Waals surface area contributed by atoms with Crippen LogP contribution >= 0.6 is 0 Å². The van der Waals surface area contributed by atoms with E-state index in [4.69, 9.17) is 11.1 Å². The average Bonchev–Trinajstić information content (AvgIpc) is 2.37. The van der Waals surface area contributed by atoms with Crippen molar-refractivity contribution >= 4 is 23.5 Å². The quantitative estimate of drug-likeness (QED) is 0.519. The summed E-state index contributed by atoms with van der Waals surface area (Å²) in [5.74, 6) is 0.0866. The highest BCUT2D eigenvalue weighted by molar-refractivity contribution is 5.92. The molecule has 0 bridgehead atoms. The van der Waals surface area contributed by atoms with E-state index in [1.807, 2.05) is 17.0 Å². The number of nitrogens with one attached hydrogen (secondary N) is 2. The van der Waals surface area contributed by atoms with Crippen LogP contribution in [0, 0.1) is 5.41 Å². The van der Waals surface area contributed by atoms with Gasteiger partial charge in [-0.15, -0.1) is 0 Å². The summed E-state index contributed by atoms with van der Waals surface area (Å²) in [5, 5.41) is 10.6. The minimum atomic E-state index is 0.0866. The van der Waals surface area contributed by atoms with Gasteiger partial charge in [-0.1, -0.05) is 13.0 Å². The molecule has 0 aliphatic carbocycles. The number of carbonyl (C=O) groups excluding carboxylic acids is 1. The second-order valence-corrected chi connectivity index (χ2v) is 4.39. The molecule has 1 aromatic rings. The Morgan fingerprint density at radius 2 is 2.21 bits per heavy atom. The van der Waals surface area contributed by atoms with Crippen molar-refractivity contribution in [1.29, 1.82) is 5.41 Å². The molecule has 0 heterocycles. The molecule has 5 heteroatoms. The first-order valence-electron chi connectivity index (χ1n) is 6.48. The molecule has 1 rings (SSSR count). The number of hydrogen-bond donors (Lipinski definition) is 3. The maximum Gasteiger partial charge on any atom is 0.219 e. The van der Waals surface area contributed by atoms with E-state index < -0.39 is 0 Å². The molecule has 5 nitrogen and oxygen atoms in total. The molecule has 0 radical (unpaired) electrons. The smallest absolute Gasteiger partial charge is 0.219 e. The van der Waals surface area contributed by atoms with Crippen molar-refractivity contribution in [3.05, 3.63) is 23.8 Å². The standard InChI is InChI=1S/C14H22N4O/c1-3-8-18(11(2)19)9-7-17-14-6-4-5-13(16)12(14)10-15/h4-6,10,15,17H,3,7-9,16H2,1-2H3. The predicted molar refractivity (Wildman–Crippen MR) is 79.8 cm³/mol. The van der Waals surface area contributed by atoms with Crippen molar-refractivity contribution in [1.82, 2.24) is 4.90 Å². The molecule has 19 heavy (non-hydrogen) atoms. The van der Waals surface area contributed by atoms with E-state index >= 15 is 0 Å². The summed E-state index contributed by atoms with van der Waals surface area (Å²) in [6, 6.07) is 5.50. The van der Waals surface area contributed by atoms with Crippen LogP contribution in [0.4, 0.5) is 11.4 Å². The van der Waals surface area contributed by atoms with Gasteiger partial charge in [0.05, 0.1) is 0 Å². The first kappa shape index (κ1) is 15.0. The number of nitrogens with zero attached hydrogens (tertiary/aromatic N) is 1. The number of rotatable bonds is 7. The van der Waals surface area contributed by atoms with Crippen LogP contribution in [-0.2, 0) is 4.79 Å². The van der Waals surface area contributed by atoms with Crippen LogP contribution in [-0.4, -0.2) is 36.7 Å². The molecule has 0 fully saturated rings. The molecule has 0 spiro atoms. The maximum atomic E-state index is 11.4. The third-order valence-electron chi connectivity index (χ3n) is 2.92. The van der Waals surface area contributed by atoms with Crippen LogP contribution in [0.15, 0.2) is 18.2 Å². The second-order valence-electron chi connectivity index (χ2n) is 4.39. The van der Waals surface area contributed by atoms with E-state index in [2.05, 4.69) is 12.2 Å². The summed E-state index contributed by atoms with van der Waals surface area (Å²) in [5.41, 5.74) is 7.90. The van der Waals surface area contributed by atoms with E-state index in [1.54, 1.807) is 13.0 Å². The fourth-order valence-corrected chi connectivity index (χ4v) is 1.92. The number of amides is 1. The summed E-state index contributed by atoms with van der Waals surface area (Å²) in [4.78, 5) is 13.2. The third kappa shape index (κ3) is 4.28. The van der Waals surface area contributed by atoms with Crippen molar-refractivity contribution in [2.75, 3.05) is 30.7 Å². The van der Waals surface area contributed by atoms with E-state index in [1.165, 1.54) is 6.21 Å². The predicted octanol–water partition coefficient (Wildman–Crippen LogP) is 1.94. The monoisotopic (exact) mass is 262 g/mol. The maximum absolute atomic E-state index is 11.4. The van der Waals surface area contributed by atoms with Gasteiger partial charge in [-0.05, 0) is 18.6 Å². The number of nitrogens with two attached hydrogens (primary N) is 1. The average molecular weight is 262 g/mol. The molecule has 1 amide bonds. The zero-order chi connectivity index (χ0) is 14.3. The molecule has 0 unspecified atom stereocenters. The number of hydrogen-bond acceptors (Lipinski definition) is 4. The number of nitrogen functional groups attached to an aromatic ring is 1. The van der Waals surface area contributed by atoms with Gasteiger partial charge in [-0.25, -0.2) is 0 Å². The Hall–Kier alpha value is -2.04. The van der Waals surface area contributed by atoms with Gasteiger partial charge in [-0.3, -0.25) is 4.79 Å². The first-order valence-corrected chi connectivity index (χ1v) is 6.48. The lowest BCUT2D eigenvalue weighted by atomic mass is 10.1. The zero-order valence-electron chi connectivity index (χ0n) is 11.6. The van der Waals surface area contributed by atoms with Gasteiger partial charge >= 0.3 is 0 Å². The lowest BCUT2D eigenvalue weighted by Gasteiger charge is -2.21. The largest absolute Gasteiger partial charge is 0.398 e. The Morgan fingerprint density at radius 3 is 2.79 bits per heavy atom. The zero-order valence-corrected chi connectivity index (χ0v) is 11.6. The van der Waals surface area contributed by atoms with Crippen LogP contribution in [0.25, 0.3) is 0 Å². The fourth-order valence-electron chi connectivity index (χ4n) is 1.92. The second kappa shape index (κ2) is 7.41. The highest BCUT2D eigenvalue weighted by Gasteiger charge is 2.07. The van der Waals surface area contributed by atoms with Gasteiger partial charge in [0.2, 0.25) is 5.91 Å². The Bertz CT molecular complexity index is 445.